The van der Waals surface area contributed by atoms with E-state index < -0.39 is 0 Å². The lowest BCUT2D eigenvalue weighted by atomic mass is 10.1. The fraction of sp³-hybridized carbons (Fsp3) is 0.130. The fourth-order valence-corrected chi connectivity index (χ4v) is 3.24. The van der Waals surface area contributed by atoms with Crippen LogP contribution in [0.3, 0.4) is 0 Å². The molecule has 0 unspecified atom stereocenters. The summed E-state index contributed by atoms with van der Waals surface area (Å²) in [6.07, 6.45) is 1.84. The molecule has 2 heterocycles. The van der Waals surface area contributed by atoms with Gasteiger partial charge in [-0.3, -0.25) is 4.79 Å². The highest BCUT2D eigenvalue weighted by Gasteiger charge is 2.07. The molecule has 5 nitrogen and oxygen atoms in total. The number of amides is 1. The number of carbonyl (C=O) groups excluding carboxylic acids is 1. The van der Waals surface area contributed by atoms with Gasteiger partial charge in [-0.25, -0.2) is 4.98 Å². The molecule has 140 valence electrons. The van der Waals surface area contributed by atoms with E-state index in [1.165, 1.54) is 18.1 Å². The second kappa shape index (κ2) is 7.56. The average molecular weight is 370 g/mol. The van der Waals surface area contributed by atoms with Crippen LogP contribution in [0.4, 0.5) is 11.4 Å². The lowest BCUT2D eigenvalue weighted by Crippen LogP contribution is -2.05. The summed E-state index contributed by atoms with van der Waals surface area (Å²) in [7, 11) is 0. The molecule has 28 heavy (non-hydrogen) atoms. The van der Waals surface area contributed by atoms with Gasteiger partial charge in [0.15, 0.2) is 0 Å². The molecule has 1 amide bonds. The molecule has 0 bridgehead atoms. The number of aromatic amines is 1. The van der Waals surface area contributed by atoms with Crippen LogP contribution < -0.4 is 10.6 Å². The first-order chi connectivity index (χ1) is 13.6. The molecule has 0 radical (unpaired) electrons. The number of hydrogen-bond donors (Lipinski definition) is 3. The van der Waals surface area contributed by atoms with Crippen LogP contribution >= 0.6 is 0 Å². The van der Waals surface area contributed by atoms with E-state index in [1.54, 1.807) is 0 Å². The lowest BCUT2D eigenvalue weighted by Gasteiger charge is -2.08. The normalized spacial score (nSPS) is 10.8. The number of H-pyrrole nitrogens is 1. The number of aryl methyl sites for hydroxylation is 1. The molecule has 0 saturated heterocycles. The van der Waals surface area contributed by atoms with Crippen LogP contribution in [0.2, 0.25) is 0 Å². The molecule has 0 saturated carbocycles. The van der Waals surface area contributed by atoms with E-state index in [1.807, 2.05) is 30.5 Å². The summed E-state index contributed by atoms with van der Waals surface area (Å²) in [6.45, 7) is 4.38. The Labute approximate surface area is 163 Å². The van der Waals surface area contributed by atoms with E-state index in [4.69, 9.17) is 0 Å². The Kier molecular flexibility index (Phi) is 4.81. The van der Waals surface area contributed by atoms with Gasteiger partial charge in [0.2, 0.25) is 5.91 Å². The smallest absolute Gasteiger partial charge is 0.221 e. The van der Waals surface area contributed by atoms with Gasteiger partial charge >= 0.3 is 0 Å². The van der Waals surface area contributed by atoms with Crippen molar-refractivity contribution < 1.29 is 4.79 Å². The fourth-order valence-electron chi connectivity index (χ4n) is 3.24. The molecule has 2 aromatic heterocycles. The first-order valence-electron chi connectivity index (χ1n) is 9.24. The maximum atomic E-state index is 11.3. The number of nitrogens with zero attached hydrogens (tertiary/aromatic N) is 1. The number of hydrogen-bond acceptors (Lipinski definition) is 3. The van der Waals surface area contributed by atoms with E-state index in [0.717, 1.165) is 40.2 Å². The predicted molar refractivity (Wildman–Crippen MR) is 114 cm³/mol. The monoisotopic (exact) mass is 370 g/mol. The van der Waals surface area contributed by atoms with Crippen molar-refractivity contribution in [2.75, 3.05) is 10.6 Å². The molecule has 5 heteroatoms. The molecular formula is C23H22N4O. The molecular weight excluding hydrogens is 348 g/mol. The highest BCUT2D eigenvalue weighted by Crippen LogP contribution is 2.27. The third-order valence-electron chi connectivity index (χ3n) is 4.71. The Bertz CT molecular complexity index is 1150. The molecule has 0 fully saturated rings. The van der Waals surface area contributed by atoms with Crippen LogP contribution in [0.25, 0.3) is 22.3 Å². The first-order valence-corrected chi connectivity index (χ1v) is 9.24. The Morgan fingerprint density at radius 2 is 1.89 bits per heavy atom. The highest BCUT2D eigenvalue weighted by molar-refractivity contribution is 5.90. The average Bonchev–Trinajstić information content (AvgIpc) is 3.10. The van der Waals surface area contributed by atoms with Gasteiger partial charge in [-0.2, -0.15) is 0 Å². The van der Waals surface area contributed by atoms with Crippen LogP contribution in [0.15, 0.2) is 66.9 Å². The summed E-state index contributed by atoms with van der Waals surface area (Å²) >= 11 is 0. The van der Waals surface area contributed by atoms with Crippen molar-refractivity contribution in [3.63, 3.8) is 0 Å². The summed E-state index contributed by atoms with van der Waals surface area (Å²) in [6, 6.07) is 20.3. The zero-order valence-electron chi connectivity index (χ0n) is 15.9. The third kappa shape index (κ3) is 3.88. The minimum absolute atomic E-state index is 0.0835. The minimum atomic E-state index is -0.0835. The Morgan fingerprint density at radius 1 is 1.04 bits per heavy atom. The van der Waals surface area contributed by atoms with Gasteiger partial charge in [-0.15, -0.1) is 0 Å². The number of rotatable bonds is 5. The van der Waals surface area contributed by atoms with Gasteiger partial charge in [0, 0.05) is 35.8 Å². The number of fused-ring (bicyclic) bond motifs is 1. The molecule has 0 atom stereocenters. The predicted octanol–water partition coefficient (Wildman–Crippen LogP) is 5.11. The van der Waals surface area contributed by atoms with E-state index in [9.17, 15) is 4.79 Å². The van der Waals surface area contributed by atoms with E-state index in [-0.39, 0.29) is 5.91 Å². The van der Waals surface area contributed by atoms with Crippen molar-refractivity contribution in [3.8, 4) is 11.3 Å². The molecule has 0 aliphatic heterocycles. The van der Waals surface area contributed by atoms with Crippen LogP contribution in [0, 0.1) is 6.92 Å². The lowest BCUT2D eigenvalue weighted by molar-refractivity contribution is -0.114. The van der Waals surface area contributed by atoms with Crippen LogP contribution in [-0.4, -0.2) is 15.9 Å². The Hall–Kier alpha value is -3.60. The van der Waals surface area contributed by atoms with Crippen LogP contribution in [0.1, 0.15) is 18.1 Å². The SMILES string of the molecule is CC(=O)Nc1cccc(-c2cc3cc(NCc4ccccc4C)cnc3[nH]2)c1. The van der Waals surface area contributed by atoms with Gasteiger partial charge in [0.1, 0.15) is 5.65 Å². The molecule has 0 spiro atoms. The molecule has 4 rings (SSSR count). The summed E-state index contributed by atoms with van der Waals surface area (Å²) in [5.74, 6) is -0.0835. The van der Waals surface area contributed by atoms with Gasteiger partial charge < -0.3 is 15.6 Å². The summed E-state index contributed by atoms with van der Waals surface area (Å²) in [5, 5.41) is 7.30. The topological polar surface area (TPSA) is 69.8 Å². The zero-order valence-corrected chi connectivity index (χ0v) is 15.9. The van der Waals surface area contributed by atoms with Crippen molar-refractivity contribution in [1.29, 1.82) is 0 Å². The zero-order chi connectivity index (χ0) is 19.5. The Morgan fingerprint density at radius 3 is 2.71 bits per heavy atom. The number of carbonyl (C=O) groups is 1. The molecule has 2 aromatic carbocycles. The second-order valence-corrected chi connectivity index (χ2v) is 6.89. The summed E-state index contributed by atoms with van der Waals surface area (Å²) in [4.78, 5) is 19.2. The molecule has 0 aliphatic carbocycles. The molecule has 4 aromatic rings. The number of nitrogens with one attached hydrogen (secondary N) is 3. The van der Waals surface area contributed by atoms with Gasteiger partial charge in [-0.05, 0) is 42.3 Å². The van der Waals surface area contributed by atoms with E-state index >= 15 is 0 Å². The van der Waals surface area contributed by atoms with Gasteiger partial charge in [0.05, 0.1) is 11.9 Å². The van der Waals surface area contributed by atoms with Crippen LogP contribution in [0.5, 0.6) is 0 Å². The molecule has 0 aliphatic rings. The maximum Gasteiger partial charge on any atom is 0.221 e. The van der Waals surface area contributed by atoms with Crippen molar-refractivity contribution in [1.82, 2.24) is 9.97 Å². The number of aromatic nitrogens is 2. The second-order valence-electron chi connectivity index (χ2n) is 6.89. The summed E-state index contributed by atoms with van der Waals surface area (Å²) < 4.78 is 0. The third-order valence-corrected chi connectivity index (χ3v) is 4.71. The van der Waals surface area contributed by atoms with Gasteiger partial charge in [0.25, 0.3) is 0 Å². The minimum Gasteiger partial charge on any atom is -0.380 e. The largest absolute Gasteiger partial charge is 0.380 e. The first kappa shape index (κ1) is 17.8. The van der Waals surface area contributed by atoms with Crippen molar-refractivity contribution in [2.24, 2.45) is 0 Å². The highest BCUT2D eigenvalue weighted by atomic mass is 16.1. The number of anilines is 2. The maximum absolute atomic E-state index is 11.3. The molecule has 3 N–H and O–H groups in total. The van der Waals surface area contributed by atoms with Gasteiger partial charge in [-0.1, -0.05) is 36.4 Å². The standard InChI is InChI=1S/C23H22N4O/c1-15-6-3-4-7-18(15)13-24-21-11-19-12-22(27-23(19)25-14-21)17-8-5-9-20(10-17)26-16(2)28/h3-12,14,24H,13H2,1-2H3,(H,25,27)(H,26,28). The van der Waals surface area contributed by atoms with E-state index in [2.05, 4.69) is 63.9 Å². The summed E-state index contributed by atoms with van der Waals surface area (Å²) in [5.41, 5.74) is 7.09. The van der Waals surface area contributed by atoms with E-state index in [0.29, 0.717) is 0 Å². The Balaban J connectivity index is 1.57. The number of pyridine rings is 1. The quantitative estimate of drug-likeness (QED) is 0.457. The van der Waals surface area contributed by atoms with Crippen LogP contribution in [-0.2, 0) is 11.3 Å². The van der Waals surface area contributed by atoms with Crippen molar-refractivity contribution >= 4 is 28.3 Å². The number of benzene rings is 2. The van der Waals surface area contributed by atoms with Crippen molar-refractivity contribution in [3.05, 3.63) is 78.0 Å². The van der Waals surface area contributed by atoms with Crippen molar-refractivity contribution in [2.45, 2.75) is 20.4 Å².